The lowest BCUT2D eigenvalue weighted by Crippen LogP contribution is -2.13. The minimum Gasteiger partial charge on any atom is -0.507 e. The maximum Gasteiger partial charge on any atom is 0.338 e. The highest BCUT2D eigenvalue weighted by molar-refractivity contribution is 6.28. The number of fused-ring (bicyclic) bond motifs is 1. The van der Waals surface area contributed by atoms with E-state index in [9.17, 15) is 19.1 Å². The van der Waals surface area contributed by atoms with Crippen molar-refractivity contribution in [3.05, 3.63) is 64.5 Å². The summed E-state index contributed by atoms with van der Waals surface area (Å²) < 4.78 is 18.3. The zero-order chi connectivity index (χ0) is 15.9. The number of hydrogen-bond donors (Lipinski definition) is 1. The molecule has 0 spiro atoms. The van der Waals surface area contributed by atoms with E-state index in [1.54, 1.807) is 12.1 Å². The summed E-state index contributed by atoms with van der Waals surface area (Å²) in [4.78, 5) is 23.8. The standard InChI is InChI=1S/C17H11FO4/c1-22-17(21)12-6-9-7-13(15(19)8-11(9)12)16(20)10-4-2-3-5-14(10)18/h2-8,19H,1H3. The number of esters is 1. The summed E-state index contributed by atoms with van der Waals surface area (Å²) in [7, 11) is 1.26. The highest BCUT2D eigenvalue weighted by atomic mass is 19.1. The van der Waals surface area contributed by atoms with Crippen molar-refractivity contribution < 1.29 is 23.8 Å². The van der Waals surface area contributed by atoms with Gasteiger partial charge in [-0.3, -0.25) is 4.79 Å². The molecule has 0 heterocycles. The Hall–Kier alpha value is -2.95. The van der Waals surface area contributed by atoms with Crippen molar-refractivity contribution in [3.63, 3.8) is 0 Å². The van der Waals surface area contributed by atoms with Gasteiger partial charge in [0.05, 0.1) is 23.8 Å². The van der Waals surface area contributed by atoms with Gasteiger partial charge in [-0.2, -0.15) is 0 Å². The first-order valence-electron chi connectivity index (χ1n) is 6.49. The van der Waals surface area contributed by atoms with Crippen molar-refractivity contribution >= 4 is 23.4 Å². The van der Waals surface area contributed by atoms with E-state index in [2.05, 4.69) is 4.74 Å². The van der Waals surface area contributed by atoms with Crippen LogP contribution in [0.5, 0.6) is 5.75 Å². The van der Waals surface area contributed by atoms with E-state index in [0.717, 1.165) is 0 Å². The molecule has 0 aromatic heterocycles. The van der Waals surface area contributed by atoms with E-state index >= 15 is 0 Å². The second-order valence-electron chi connectivity index (χ2n) is 4.82. The van der Waals surface area contributed by atoms with Crippen LogP contribution in [0.4, 0.5) is 4.39 Å². The fraction of sp³-hybridized carbons (Fsp3) is 0.0588. The monoisotopic (exact) mass is 298 g/mol. The predicted octanol–water partition coefficient (Wildman–Crippen LogP) is 2.79. The van der Waals surface area contributed by atoms with Gasteiger partial charge in [0.25, 0.3) is 0 Å². The van der Waals surface area contributed by atoms with Crippen molar-refractivity contribution in [3.8, 4) is 5.75 Å². The summed E-state index contributed by atoms with van der Waals surface area (Å²) in [5.41, 5.74) is 1.34. The van der Waals surface area contributed by atoms with Gasteiger partial charge in [-0.1, -0.05) is 12.1 Å². The van der Waals surface area contributed by atoms with Gasteiger partial charge < -0.3 is 9.84 Å². The molecule has 0 amide bonds. The Labute approximate surface area is 125 Å². The Bertz CT molecular complexity index is 837. The van der Waals surface area contributed by atoms with Gasteiger partial charge in [0, 0.05) is 0 Å². The van der Waals surface area contributed by atoms with Gasteiger partial charge in [0.15, 0.2) is 5.78 Å². The SMILES string of the molecule is COC(=O)C1=Cc2cc(C(=O)c3ccccc3F)c(O)cc21. The summed E-state index contributed by atoms with van der Waals surface area (Å²) in [5, 5.41) is 10.0. The fourth-order valence-electron chi connectivity index (χ4n) is 2.36. The molecule has 0 radical (unpaired) electrons. The van der Waals surface area contributed by atoms with Crippen molar-refractivity contribution in [1.29, 1.82) is 0 Å². The zero-order valence-electron chi connectivity index (χ0n) is 11.6. The third-order valence-electron chi connectivity index (χ3n) is 3.53. The molecule has 0 fully saturated rings. The number of ether oxygens (including phenoxy) is 1. The van der Waals surface area contributed by atoms with E-state index in [0.29, 0.717) is 16.7 Å². The molecule has 1 aliphatic carbocycles. The number of halogens is 1. The quantitative estimate of drug-likeness (QED) is 0.699. The molecule has 0 bridgehead atoms. The van der Waals surface area contributed by atoms with Gasteiger partial charge >= 0.3 is 5.97 Å². The molecule has 5 heteroatoms. The molecule has 22 heavy (non-hydrogen) atoms. The smallest absolute Gasteiger partial charge is 0.338 e. The summed E-state index contributed by atoms with van der Waals surface area (Å²) in [6, 6.07) is 8.31. The van der Waals surface area contributed by atoms with Crippen LogP contribution in [0.1, 0.15) is 27.0 Å². The first-order chi connectivity index (χ1) is 10.5. The Morgan fingerprint density at radius 1 is 1.14 bits per heavy atom. The van der Waals surface area contributed by atoms with Crippen LogP contribution in [0, 0.1) is 5.82 Å². The number of carbonyl (C=O) groups excluding carboxylic acids is 2. The molecule has 0 aliphatic heterocycles. The highest BCUT2D eigenvalue weighted by Gasteiger charge is 2.27. The second-order valence-corrected chi connectivity index (χ2v) is 4.82. The number of phenols is 1. The molecule has 3 rings (SSSR count). The average Bonchev–Trinajstić information content (AvgIpc) is 2.50. The van der Waals surface area contributed by atoms with Crippen LogP contribution in [-0.2, 0) is 9.53 Å². The van der Waals surface area contributed by atoms with Gasteiger partial charge in [-0.05, 0) is 41.5 Å². The summed E-state index contributed by atoms with van der Waals surface area (Å²) >= 11 is 0. The molecule has 0 unspecified atom stereocenters. The Balaban J connectivity index is 2.01. The maximum absolute atomic E-state index is 13.7. The van der Waals surface area contributed by atoms with Crippen LogP contribution in [-0.4, -0.2) is 24.0 Å². The summed E-state index contributed by atoms with van der Waals surface area (Å²) in [6.45, 7) is 0. The summed E-state index contributed by atoms with van der Waals surface area (Å²) in [6.07, 6.45) is 1.55. The van der Waals surface area contributed by atoms with Crippen LogP contribution >= 0.6 is 0 Å². The molecule has 0 saturated carbocycles. The molecule has 2 aromatic carbocycles. The number of rotatable bonds is 3. The van der Waals surface area contributed by atoms with E-state index in [4.69, 9.17) is 0 Å². The number of aromatic hydroxyl groups is 1. The van der Waals surface area contributed by atoms with Crippen LogP contribution in [0.25, 0.3) is 11.6 Å². The first-order valence-corrected chi connectivity index (χ1v) is 6.49. The molecule has 0 saturated heterocycles. The third kappa shape index (κ3) is 2.07. The molecule has 110 valence electrons. The lowest BCUT2D eigenvalue weighted by molar-refractivity contribution is -0.133. The normalized spacial score (nSPS) is 12.0. The number of methoxy groups -OCH3 is 1. The van der Waals surface area contributed by atoms with Crippen molar-refractivity contribution in [2.45, 2.75) is 0 Å². The molecule has 2 aromatic rings. The van der Waals surface area contributed by atoms with Crippen LogP contribution in [0.15, 0.2) is 36.4 Å². The first kappa shape index (κ1) is 14.0. The van der Waals surface area contributed by atoms with Gasteiger partial charge in [0.1, 0.15) is 11.6 Å². The lowest BCUT2D eigenvalue weighted by atomic mass is 9.85. The molecule has 1 aliphatic rings. The highest BCUT2D eigenvalue weighted by Crippen LogP contribution is 2.38. The topological polar surface area (TPSA) is 63.6 Å². The van der Waals surface area contributed by atoms with E-state index < -0.39 is 17.6 Å². The van der Waals surface area contributed by atoms with E-state index in [1.807, 2.05) is 0 Å². The van der Waals surface area contributed by atoms with Crippen molar-refractivity contribution in [2.24, 2.45) is 0 Å². The number of ketones is 1. The number of hydrogen-bond acceptors (Lipinski definition) is 4. The fourth-order valence-corrected chi connectivity index (χ4v) is 2.36. The maximum atomic E-state index is 13.7. The van der Waals surface area contributed by atoms with Crippen molar-refractivity contribution in [1.82, 2.24) is 0 Å². The molecule has 1 N–H and O–H groups in total. The van der Waals surface area contributed by atoms with Crippen LogP contribution in [0.3, 0.4) is 0 Å². The van der Waals surface area contributed by atoms with E-state index in [1.165, 1.54) is 37.4 Å². The molecule has 4 nitrogen and oxygen atoms in total. The Morgan fingerprint density at radius 3 is 2.55 bits per heavy atom. The number of benzene rings is 2. The zero-order valence-corrected chi connectivity index (χ0v) is 11.6. The second kappa shape index (κ2) is 5.11. The largest absolute Gasteiger partial charge is 0.507 e. The van der Waals surface area contributed by atoms with Crippen LogP contribution in [0.2, 0.25) is 0 Å². The Morgan fingerprint density at radius 2 is 1.86 bits per heavy atom. The van der Waals surface area contributed by atoms with Gasteiger partial charge in [0.2, 0.25) is 0 Å². The molecular formula is C17H11FO4. The van der Waals surface area contributed by atoms with Crippen molar-refractivity contribution in [2.75, 3.05) is 7.11 Å². The van der Waals surface area contributed by atoms with Crippen LogP contribution < -0.4 is 0 Å². The summed E-state index contributed by atoms with van der Waals surface area (Å²) in [5.74, 6) is -2.08. The molecule has 0 atom stereocenters. The lowest BCUT2D eigenvalue weighted by Gasteiger charge is -2.19. The number of carbonyl (C=O) groups is 2. The predicted molar refractivity (Wildman–Crippen MR) is 77.8 cm³/mol. The average molecular weight is 298 g/mol. The van der Waals surface area contributed by atoms with E-state index in [-0.39, 0.29) is 16.9 Å². The minimum atomic E-state index is -0.652. The molecular weight excluding hydrogens is 287 g/mol. The third-order valence-corrected chi connectivity index (χ3v) is 3.53. The minimum absolute atomic E-state index is 0.0102. The number of phenolic OH excluding ortho intramolecular Hbond substituents is 1. The van der Waals surface area contributed by atoms with Gasteiger partial charge in [-0.15, -0.1) is 0 Å². The van der Waals surface area contributed by atoms with Gasteiger partial charge in [-0.25, -0.2) is 9.18 Å². The Kier molecular flexibility index (Phi) is 3.25.